The molecule has 0 aromatic heterocycles. The second-order valence-electron chi connectivity index (χ2n) is 7.12. The van der Waals surface area contributed by atoms with Crippen LogP contribution in [0.5, 0.6) is 0 Å². The largest absolute Gasteiger partial charge is 0.0654 e. The summed E-state index contributed by atoms with van der Waals surface area (Å²) < 4.78 is 0. The van der Waals surface area contributed by atoms with E-state index in [9.17, 15) is 0 Å². The lowest BCUT2D eigenvalue weighted by atomic mass is 9.68. The summed E-state index contributed by atoms with van der Waals surface area (Å²) in [5, 5.41) is 0. The molecule has 2 unspecified atom stereocenters. The summed E-state index contributed by atoms with van der Waals surface area (Å²) in [6.45, 7) is 4.72. The minimum atomic E-state index is 1.07. The van der Waals surface area contributed by atoms with Gasteiger partial charge in [-0.05, 0) is 42.9 Å². The fourth-order valence-corrected chi connectivity index (χ4v) is 4.58. The van der Waals surface area contributed by atoms with Crippen LogP contribution in [-0.2, 0) is 0 Å². The maximum Gasteiger partial charge on any atom is -0.0383 e. The highest BCUT2D eigenvalue weighted by Crippen LogP contribution is 2.43. The first kappa shape index (κ1) is 14.4. The zero-order valence-corrected chi connectivity index (χ0v) is 12.8. The molecule has 0 aromatic rings. The first-order valence-electron chi connectivity index (χ1n) is 8.83. The maximum atomic E-state index is 2.38. The number of hydrogen-bond donors (Lipinski definition) is 0. The molecular weight excluding hydrogens is 216 g/mol. The highest BCUT2D eigenvalue weighted by atomic mass is 14.4. The average molecular weight is 250 g/mol. The van der Waals surface area contributed by atoms with E-state index in [0.29, 0.717) is 0 Å². The van der Waals surface area contributed by atoms with Crippen LogP contribution in [0.2, 0.25) is 0 Å². The van der Waals surface area contributed by atoms with Gasteiger partial charge in [0.15, 0.2) is 0 Å². The third-order valence-electron chi connectivity index (χ3n) is 5.92. The fourth-order valence-electron chi connectivity index (χ4n) is 4.58. The molecule has 0 radical (unpaired) electrons. The van der Waals surface area contributed by atoms with Gasteiger partial charge in [0.05, 0.1) is 0 Å². The maximum absolute atomic E-state index is 2.38. The molecule has 0 bridgehead atoms. The van der Waals surface area contributed by atoms with E-state index in [2.05, 4.69) is 13.8 Å². The lowest BCUT2D eigenvalue weighted by Gasteiger charge is -2.38. The first-order valence-corrected chi connectivity index (χ1v) is 8.83. The van der Waals surface area contributed by atoms with Crippen LogP contribution in [0.3, 0.4) is 0 Å². The van der Waals surface area contributed by atoms with Crippen molar-refractivity contribution in [1.82, 2.24) is 0 Å². The summed E-state index contributed by atoms with van der Waals surface area (Å²) in [6, 6.07) is 0. The molecule has 2 aliphatic rings. The van der Waals surface area contributed by atoms with Crippen molar-refractivity contribution >= 4 is 0 Å². The molecule has 0 heteroatoms. The molecule has 2 fully saturated rings. The number of unbranched alkanes of at least 4 members (excludes halogenated alkanes) is 1. The van der Waals surface area contributed by atoms with Crippen molar-refractivity contribution in [3.63, 3.8) is 0 Å². The summed E-state index contributed by atoms with van der Waals surface area (Å²) in [6.07, 6.45) is 18.2. The monoisotopic (exact) mass is 250 g/mol. The van der Waals surface area contributed by atoms with Gasteiger partial charge in [0, 0.05) is 0 Å². The Bertz CT molecular complexity index is 212. The van der Waals surface area contributed by atoms with Crippen molar-refractivity contribution in [3.05, 3.63) is 0 Å². The van der Waals surface area contributed by atoms with Gasteiger partial charge in [0.1, 0.15) is 0 Å². The van der Waals surface area contributed by atoms with E-state index in [4.69, 9.17) is 0 Å². The van der Waals surface area contributed by atoms with Crippen LogP contribution < -0.4 is 0 Å². The molecule has 0 heterocycles. The van der Waals surface area contributed by atoms with Gasteiger partial charge in [-0.2, -0.15) is 0 Å². The summed E-state index contributed by atoms with van der Waals surface area (Å²) in [4.78, 5) is 0. The van der Waals surface area contributed by atoms with E-state index in [1.54, 1.807) is 32.1 Å². The molecule has 0 spiro atoms. The van der Waals surface area contributed by atoms with Gasteiger partial charge in [-0.25, -0.2) is 0 Å². The van der Waals surface area contributed by atoms with E-state index in [0.717, 1.165) is 23.7 Å². The molecule has 0 nitrogen and oxygen atoms in total. The molecular formula is C18H34. The van der Waals surface area contributed by atoms with Crippen molar-refractivity contribution in [2.24, 2.45) is 23.7 Å². The standard InChI is InChI=1S/C18H34/c1-3-5-7-16-8-6-9-18(14-16)17-12-10-15(4-2)11-13-17/h15-18H,3-14H2,1-2H3. The zero-order valence-electron chi connectivity index (χ0n) is 12.8. The lowest BCUT2D eigenvalue weighted by Crippen LogP contribution is -2.26. The predicted molar refractivity (Wildman–Crippen MR) is 80.7 cm³/mol. The van der Waals surface area contributed by atoms with Crippen molar-refractivity contribution < 1.29 is 0 Å². The molecule has 0 aromatic carbocycles. The second kappa shape index (κ2) is 7.56. The second-order valence-corrected chi connectivity index (χ2v) is 7.12. The summed E-state index contributed by atoms with van der Waals surface area (Å²) >= 11 is 0. The summed E-state index contributed by atoms with van der Waals surface area (Å²) in [5.74, 6) is 4.38. The topological polar surface area (TPSA) is 0 Å². The Balaban J connectivity index is 1.75. The quantitative estimate of drug-likeness (QED) is 0.545. The molecule has 0 aliphatic heterocycles. The molecule has 0 saturated heterocycles. The summed E-state index contributed by atoms with van der Waals surface area (Å²) in [5.41, 5.74) is 0. The molecule has 2 rings (SSSR count). The van der Waals surface area contributed by atoms with E-state index >= 15 is 0 Å². The van der Waals surface area contributed by atoms with Crippen LogP contribution in [0.25, 0.3) is 0 Å². The van der Waals surface area contributed by atoms with Gasteiger partial charge in [-0.3, -0.25) is 0 Å². The molecule has 106 valence electrons. The van der Waals surface area contributed by atoms with Crippen molar-refractivity contribution in [1.29, 1.82) is 0 Å². The van der Waals surface area contributed by atoms with Gasteiger partial charge < -0.3 is 0 Å². The Hall–Kier alpha value is 0. The van der Waals surface area contributed by atoms with E-state index < -0.39 is 0 Å². The smallest absolute Gasteiger partial charge is 0.0383 e. The Kier molecular flexibility index (Phi) is 6.05. The van der Waals surface area contributed by atoms with Crippen LogP contribution in [-0.4, -0.2) is 0 Å². The molecule has 18 heavy (non-hydrogen) atoms. The molecule has 0 N–H and O–H groups in total. The summed E-state index contributed by atoms with van der Waals surface area (Å²) in [7, 11) is 0. The predicted octanol–water partition coefficient (Wildman–Crippen LogP) is 6.20. The van der Waals surface area contributed by atoms with E-state index in [1.165, 1.54) is 44.9 Å². The highest BCUT2D eigenvalue weighted by Gasteiger charge is 2.30. The van der Waals surface area contributed by atoms with Gasteiger partial charge in [-0.1, -0.05) is 71.6 Å². The Labute approximate surface area is 115 Å². The molecule has 0 amide bonds. The van der Waals surface area contributed by atoms with Crippen molar-refractivity contribution in [2.75, 3.05) is 0 Å². The first-order chi connectivity index (χ1) is 8.83. The highest BCUT2D eigenvalue weighted by molar-refractivity contribution is 4.82. The number of rotatable bonds is 5. The number of hydrogen-bond acceptors (Lipinski definition) is 0. The van der Waals surface area contributed by atoms with Gasteiger partial charge >= 0.3 is 0 Å². The Morgan fingerprint density at radius 1 is 0.778 bits per heavy atom. The minimum absolute atomic E-state index is 1.07. The third kappa shape index (κ3) is 4.00. The Morgan fingerprint density at radius 2 is 1.56 bits per heavy atom. The SMILES string of the molecule is CCCCC1CCCC(C2CCC(CC)CC2)C1. The van der Waals surface area contributed by atoms with Gasteiger partial charge in [0.2, 0.25) is 0 Å². The van der Waals surface area contributed by atoms with E-state index in [-0.39, 0.29) is 0 Å². The van der Waals surface area contributed by atoms with Crippen molar-refractivity contribution in [2.45, 2.75) is 90.9 Å². The van der Waals surface area contributed by atoms with E-state index in [1.807, 2.05) is 0 Å². The zero-order chi connectivity index (χ0) is 12.8. The van der Waals surface area contributed by atoms with Crippen LogP contribution in [0.4, 0.5) is 0 Å². The normalized spacial score (nSPS) is 37.7. The molecule has 2 aliphatic carbocycles. The lowest BCUT2D eigenvalue weighted by molar-refractivity contribution is 0.134. The average Bonchev–Trinajstić information content (AvgIpc) is 2.45. The molecule has 2 atom stereocenters. The van der Waals surface area contributed by atoms with Gasteiger partial charge in [0.25, 0.3) is 0 Å². The van der Waals surface area contributed by atoms with Crippen LogP contribution in [0.1, 0.15) is 90.9 Å². The Morgan fingerprint density at radius 3 is 2.22 bits per heavy atom. The molecule has 2 saturated carbocycles. The van der Waals surface area contributed by atoms with Crippen LogP contribution >= 0.6 is 0 Å². The van der Waals surface area contributed by atoms with Crippen LogP contribution in [0, 0.1) is 23.7 Å². The third-order valence-corrected chi connectivity index (χ3v) is 5.92. The minimum Gasteiger partial charge on any atom is -0.0654 e. The van der Waals surface area contributed by atoms with Crippen molar-refractivity contribution in [3.8, 4) is 0 Å². The van der Waals surface area contributed by atoms with Gasteiger partial charge in [-0.15, -0.1) is 0 Å². The van der Waals surface area contributed by atoms with Crippen LogP contribution in [0.15, 0.2) is 0 Å². The fraction of sp³-hybridized carbons (Fsp3) is 1.00.